The molecule has 5 rings (SSSR count). The Hall–Kier alpha value is -3.20. The van der Waals surface area contributed by atoms with Crippen molar-refractivity contribution in [3.63, 3.8) is 0 Å². The Morgan fingerprint density at radius 3 is 2.69 bits per heavy atom. The van der Waals surface area contributed by atoms with Crippen LogP contribution in [0.4, 0.5) is 0 Å². The fourth-order valence-corrected chi connectivity index (χ4v) is 4.69. The zero-order chi connectivity index (χ0) is 22.2. The minimum Gasteiger partial charge on any atom is -0.496 e. The summed E-state index contributed by atoms with van der Waals surface area (Å²) in [6, 6.07) is 10.1. The van der Waals surface area contributed by atoms with Crippen LogP contribution in [0.5, 0.6) is 11.6 Å². The Balaban J connectivity index is 1.51. The molecule has 0 fully saturated rings. The van der Waals surface area contributed by atoms with E-state index < -0.39 is 0 Å². The molecule has 0 spiro atoms. The molecule has 0 N–H and O–H groups in total. The summed E-state index contributed by atoms with van der Waals surface area (Å²) >= 11 is 3.60. The van der Waals surface area contributed by atoms with E-state index in [1.807, 2.05) is 40.6 Å². The number of aromatic nitrogens is 6. The van der Waals surface area contributed by atoms with Gasteiger partial charge in [-0.1, -0.05) is 6.07 Å². The highest BCUT2D eigenvalue weighted by atomic mass is 79.9. The summed E-state index contributed by atoms with van der Waals surface area (Å²) in [6.45, 7) is 2.79. The van der Waals surface area contributed by atoms with Crippen LogP contribution in [0, 0.1) is 6.92 Å². The molecule has 4 heterocycles. The molecule has 164 valence electrons. The highest BCUT2D eigenvalue weighted by molar-refractivity contribution is 9.10. The largest absolute Gasteiger partial charge is 0.496 e. The van der Waals surface area contributed by atoms with E-state index in [1.165, 1.54) is 5.56 Å². The van der Waals surface area contributed by atoms with Gasteiger partial charge in [0.05, 0.1) is 30.7 Å². The number of ether oxygens (including phenoxy) is 2. The summed E-state index contributed by atoms with van der Waals surface area (Å²) in [5.41, 5.74) is 3.62. The zero-order valence-corrected chi connectivity index (χ0v) is 19.7. The molecule has 0 amide bonds. The van der Waals surface area contributed by atoms with Crippen LogP contribution >= 0.6 is 15.9 Å². The van der Waals surface area contributed by atoms with Crippen LogP contribution in [0.25, 0.3) is 17.2 Å². The SMILES string of the molecule is COc1ccc([C@@H]2CCCn3nc(-c4ccc(-n5cnc(C)c5)c(OC)n4)nc32)cc1Br. The molecule has 0 saturated heterocycles. The third kappa shape index (κ3) is 3.66. The van der Waals surface area contributed by atoms with Crippen molar-refractivity contribution < 1.29 is 9.47 Å². The minimum atomic E-state index is 0.169. The summed E-state index contributed by atoms with van der Waals surface area (Å²) in [5, 5.41) is 4.77. The first-order valence-electron chi connectivity index (χ1n) is 10.4. The standard InChI is InChI=1S/C23H23BrN6O2/c1-14-12-29(13-25-14)19-8-7-18(26-23(19)32-3)21-27-22-16(5-4-10-30(22)28-21)15-6-9-20(31-2)17(24)11-15/h6-9,11-13,16H,4-5,10H2,1-3H3/t16-/m0/s1. The van der Waals surface area contributed by atoms with Gasteiger partial charge in [0, 0.05) is 18.7 Å². The van der Waals surface area contributed by atoms with Crippen molar-refractivity contribution in [2.24, 2.45) is 0 Å². The molecule has 0 unspecified atom stereocenters. The second-order valence-corrected chi connectivity index (χ2v) is 8.61. The first-order valence-corrected chi connectivity index (χ1v) is 11.2. The van der Waals surface area contributed by atoms with E-state index in [4.69, 9.17) is 24.5 Å². The summed E-state index contributed by atoms with van der Waals surface area (Å²) in [4.78, 5) is 13.9. The van der Waals surface area contributed by atoms with Crippen molar-refractivity contribution in [3.8, 4) is 28.8 Å². The number of hydrogen-bond acceptors (Lipinski definition) is 6. The van der Waals surface area contributed by atoms with Gasteiger partial charge in [-0.05, 0) is 65.5 Å². The molecule has 9 heteroatoms. The third-order valence-corrected chi connectivity index (χ3v) is 6.33. The van der Waals surface area contributed by atoms with Crippen LogP contribution < -0.4 is 9.47 Å². The molecule has 4 aromatic rings. The average molecular weight is 495 g/mol. The van der Waals surface area contributed by atoms with Crippen molar-refractivity contribution >= 4 is 15.9 Å². The molecule has 0 aliphatic carbocycles. The zero-order valence-electron chi connectivity index (χ0n) is 18.1. The molecule has 8 nitrogen and oxygen atoms in total. The quantitative estimate of drug-likeness (QED) is 0.405. The van der Waals surface area contributed by atoms with Gasteiger partial charge in [0.15, 0.2) is 5.82 Å². The van der Waals surface area contributed by atoms with Gasteiger partial charge in [-0.15, -0.1) is 5.10 Å². The Bertz CT molecular complexity index is 1280. The Morgan fingerprint density at radius 2 is 1.97 bits per heavy atom. The van der Waals surface area contributed by atoms with Gasteiger partial charge in [0.1, 0.15) is 23.0 Å². The number of aryl methyl sites for hydroxylation is 2. The van der Waals surface area contributed by atoms with E-state index in [-0.39, 0.29) is 5.92 Å². The van der Waals surface area contributed by atoms with Crippen LogP contribution in [-0.4, -0.2) is 43.5 Å². The monoisotopic (exact) mass is 494 g/mol. The number of methoxy groups -OCH3 is 2. The van der Waals surface area contributed by atoms with E-state index in [2.05, 4.69) is 33.0 Å². The fourth-order valence-electron chi connectivity index (χ4n) is 4.13. The van der Waals surface area contributed by atoms with E-state index >= 15 is 0 Å². The summed E-state index contributed by atoms with van der Waals surface area (Å²) in [5.74, 6) is 3.05. The Labute approximate surface area is 194 Å². The van der Waals surface area contributed by atoms with Crippen LogP contribution in [0.1, 0.15) is 35.8 Å². The molecular weight excluding hydrogens is 472 g/mol. The second-order valence-electron chi connectivity index (χ2n) is 7.75. The van der Waals surface area contributed by atoms with E-state index in [0.717, 1.165) is 46.8 Å². The number of halogens is 1. The van der Waals surface area contributed by atoms with Gasteiger partial charge in [0.25, 0.3) is 0 Å². The molecule has 0 radical (unpaired) electrons. The number of rotatable bonds is 5. The molecule has 3 aromatic heterocycles. The van der Waals surface area contributed by atoms with Crippen LogP contribution in [-0.2, 0) is 6.54 Å². The minimum absolute atomic E-state index is 0.169. The summed E-state index contributed by atoms with van der Waals surface area (Å²) in [7, 11) is 3.28. The molecule has 1 atom stereocenters. The number of imidazole rings is 1. The number of hydrogen-bond donors (Lipinski definition) is 0. The summed E-state index contributed by atoms with van der Waals surface area (Å²) < 4.78 is 15.8. The molecular formula is C23H23BrN6O2. The topological polar surface area (TPSA) is 79.9 Å². The average Bonchev–Trinajstić information content (AvgIpc) is 3.44. The first-order chi connectivity index (χ1) is 15.6. The van der Waals surface area contributed by atoms with Gasteiger partial charge in [-0.3, -0.25) is 0 Å². The molecule has 1 aromatic carbocycles. The number of fused-ring (bicyclic) bond motifs is 1. The number of pyridine rings is 1. The smallest absolute Gasteiger partial charge is 0.238 e. The maximum Gasteiger partial charge on any atom is 0.238 e. The lowest BCUT2D eigenvalue weighted by molar-refractivity contribution is 0.396. The van der Waals surface area contributed by atoms with Crippen molar-refractivity contribution in [2.75, 3.05) is 14.2 Å². The van der Waals surface area contributed by atoms with Crippen molar-refractivity contribution in [1.82, 2.24) is 29.3 Å². The first kappa shape index (κ1) is 20.7. The van der Waals surface area contributed by atoms with Gasteiger partial charge >= 0.3 is 0 Å². The Morgan fingerprint density at radius 1 is 1.09 bits per heavy atom. The van der Waals surface area contributed by atoms with Gasteiger partial charge in [-0.2, -0.15) is 0 Å². The van der Waals surface area contributed by atoms with Gasteiger partial charge < -0.3 is 14.0 Å². The lowest BCUT2D eigenvalue weighted by atomic mass is 9.91. The van der Waals surface area contributed by atoms with Crippen molar-refractivity contribution in [2.45, 2.75) is 32.2 Å². The highest BCUT2D eigenvalue weighted by Crippen LogP contribution is 2.37. The van der Waals surface area contributed by atoms with Crippen LogP contribution in [0.3, 0.4) is 0 Å². The van der Waals surface area contributed by atoms with Crippen molar-refractivity contribution in [1.29, 1.82) is 0 Å². The normalized spacial score (nSPS) is 15.4. The number of benzene rings is 1. The molecule has 1 aliphatic rings. The van der Waals surface area contributed by atoms with Crippen LogP contribution in [0.15, 0.2) is 47.3 Å². The number of nitrogens with zero attached hydrogens (tertiary/aromatic N) is 6. The fraction of sp³-hybridized carbons (Fsp3) is 0.304. The van der Waals surface area contributed by atoms with E-state index in [9.17, 15) is 0 Å². The maximum absolute atomic E-state index is 5.56. The predicted molar refractivity (Wildman–Crippen MR) is 123 cm³/mol. The van der Waals surface area contributed by atoms with Crippen molar-refractivity contribution in [3.05, 3.63) is 64.4 Å². The Kier molecular flexibility index (Phi) is 5.42. The third-order valence-electron chi connectivity index (χ3n) is 5.71. The lowest BCUT2D eigenvalue weighted by Gasteiger charge is -2.22. The van der Waals surface area contributed by atoms with Gasteiger partial charge in [-0.25, -0.2) is 19.6 Å². The maximum atomic E-state index is 5.56. The molecule has 32 heavy (non-hydrogen) atoms. The van der Waals surface area contributed by atoms with Crippen LogP contribution in [0.2, 0.25) is 0 Å². The van der Waals surface area contributed by atoms with E-state index in [0.29, 0.717) is 17.4 Å². The molecule has 0 saturated carbocycles. The lowest BCUT2D eigenvalue weighted by Crippen LogP contribution is -2.18. The van der Waals surface area contributed by atoms with E-state index in [1.54, 1.807) is 20.5 Å². The predicted octanol–water partition coefficient (Wildman–Crippen LogP) is 4.54. The molecule has 0 bridgehead atoms. The second kappa shape index (κ2) is 8.38. The molecule has 1 aliphatic heterocycles. The van der Waals surface area contributed by atoms with Gasteiger partial charge in [0.2, 0.25) is 5.88 Å². The highest BCUT2D eigenvalue weighted by Gasteiger charge is 2.27. The summed E-state index contributed by atoms with van der Waals surface area (Å²) in [6.07, 6.45) is 5.75.